The zero-order valence-electron chi connectivity index (χ0n) is 11.9. The summed E-state index contributed by atoms with van der Waals surface area (Å²) < 4.78 is 5.38. The molecule has 0 amide bonds. The van der Waals surface area contributed by atoms with E-state index in [1.165, 1.54) is 0 Å². The van der Waals surface area contributed by atoms with E-state index < -0.39 is 0 Å². The van der Waals surface area contributed by atoms with Gasteiger partial charge in [0.1, 0.15) is 17.3 Å². The summed E-state index contributed by atoms with van der Waals surface area (Å²) >= 11 is 0. The molecule has 0 aliphatic carbocycles. The first-order valence-electron chi connectivity index (χ1n) is 6.11. The maximum absolute atomic E-state index is 5.38. The van der Waals surface area contributed by atoms with Gasteiger partial charge in [-0.15, -0.1) is 10.2 Å². The molecular formula is C14H18N4O. The van der Waals surface area contributed by atoms with Crippen molar-refractivity contribution in [3.63, 3.8) is 0 Å². The lowest BCUT2D eigenvalue weighted by Crippen LogP contribution is -2.03. The van der Waals surface area contributed by atoms with Gasteiger partial charge in [-0.25, -0.2) is 4.98 Å². The van der Waals surface area contributed by atoms with Crippen LogP contribution in [0.5, 0.6) is 5.75 Å². The van der Waals surface area contributed by atoms with Gasteiger partial charge >= 0.3 is 0 Å². The lowest BCUT2D eigenvalue weighted by molar-refractivity contribution is 0.408. The van der Waals surface area contributed by atoms with Crippen LogP contribution in [0, 0.1) is 20.8 Å². The molecule has 0 spiro atoms. The Labute approximate surface area is 113 Å². The van der Waals surface area contributed by atoms with Gasteiger partial charge in [0, 0.05) is 12.6 Å². The van der Waals surface area contributed by atoms with Crippen LogP contribution in [-0.4, -0.2) is 29.3 Å². The first-order valence-corrected chi connectivity index (χ1v) is 6.11. The Morgan fingerprint density at radius 1 is 1.05 bits per heavy atom. The van der Waals surface area contributed by atoms with Gasteiger partial charge in [-0.05, 0) is 44.0 Å². The molecule has 0 bridgehead atoms. The third-order valence-electron chi connectivity index (χ3n) is 2.97. The topological polar surface area (TPSA) is 59.9 Å². The minimum Gasteiger partial charge on any atom is -0.496 e. The van der Waals surface area contributed by atoms with Crippen molar-refractivity contribution in [2.24, 2.45) is 0 Å². The fourth-order valence-corrected chi connectivity index (χ4v) is 2.18. The molecule has 5 heteroatoms. The van der Waals surface area contributed by atoms with E-state index >= 15 is 0 Å². The lowest BCUT2D eigenvalue weighted by atomic mass is 10.0. The van der Waals surface area contributed by atoms with Crippen LogP contribution < -0.4 is 10.1 Å². The second-order valence-corrected chi connectivity index (χ2v) is 4.45. The van der Waals surface area contributed by atoms with Crippen LogP contribution in [0.1, 0.15) is 17.0 Å². The zero-order chi connectivity index (χ0) is 14.0. The number of nitrogens with zero attached hydrogens (tertiary/aromatic N) is 3. The molecule has 0 fully saturated rings. The third kappa shape index (κ3) is 2.50. The van der Waals surface area contributed by atoms with Crippen molar-refractivity contribution in [2.45, 2.75) is 20.8 Å². The molecule has 0 aliphatic rings. The highest BCUT2D eigenvalue weighted by atomic mass is 16.5. The van der Waals surface area contributed by atoms with Gasteiger partial charge in [-0.1, -0.05) is 0 Å². The fraction of sp³-hybridized carbons (Fsp3) is 0.357. The number of hydrogen-bond donors (Lipinski definition) is 1. The zero-order valence-corrected chi connectivity index (χ0v) is 11.9. The molecule has 5 nitrogen and oxygen atoms in total. The summed E-state index contributed by atoms with van der Waals surface area (Å²) in [6.07, 6.45) is 0. The normalized spacial score (nSPS) is 10.4. The average molecular weight is 258 g/mol. The summed E-state index contributed by atoms with van der Waals surface area (Å²) in [5.74, 6) is 2.29. The Balaban J connectivity index is 2.59. The van der Waals surface area contributed by atoms with Crippen molar-refractivity contribution in [1.29, 1.82) is 0 Å². The van der Waals surface area contributed by atoms with Crippen molar-refractivity contribution in [3.8, 4) is 17.0 Å². The lowest BCUT2D eigenvalue weighted by Gasteiger charge is -2.12. The van der Waals surface area contributed by atoms with Crippen LogP contribution in [0.3, 0.4) is 0 Å². The summed E-state index contributed by atoms with van der Waals surface area (Å²) in [6.45, 7) is 5.86. The number of hydrogen-bond acceptors (Lipinski definition) is 5. The summed E-state index contributed by atoms with van der Waals surface area (Å²) in [5, 5.41) is 11.3. The van der Waals surface area contributed by atoms with E-state index in [-0.39, 0.29) is 0 Å². The van der Waals surface area contributed by atoms with Gasteiger partial charge in [0.05, 0.1) is 7.11 Å². The summed E-state index contributed by atoms with van der Waals surface area (Å²) in [5.41, 5.74) is 3.88. The average Bonchev–Trinajstić information content (AvgIpc) is 2.38. The van der Waals surface area contributed by atoms with Crippen LogP contribution in [0.4, 0.5) is 5.82 Å². The van der Waals surface area contributed by atoms with Crippen molar-refractivity contribution >= 4 is 5.82 Å². The molecule has 0 radical (unpaired) electrons. The Morgan fingerprint density at radius 3 is 2.21 bits per heavy atom. The number of benzene rings is 1. The highest BCUT2D eigenvalue weighted by Crippen LogP contribution is 2.31. The van der Waals surface area contributed by atoms with Crippen LogP contribution in [0.15, 0.2) is 12.1 Å². The molecule has 100 valence electrons. The molecule has 0 unspecified atom stereocenters. The maximum Gasteiger partial charge on any atom is 0.156 e. The van der Waals surface area contributed by atoms with E-state index in [4.69, 9.17) is 4.74 Å². The van der Waals surface area contributed by atoms with Gasteiger partial charge in [0.2, 0.25) is 0 Å². The Hall–Kier alpha value is -2.17. The molecule has 1 heterocycles. The Kier molecular flexibility index (Phi) is 3.64. The van der Waals surface area contributed by atoms with E-state index in [0.717, 1.165) is 34.0 Å². The minimum atomic E-state index is 0.648. The smallest absolute Gasteiger partial charge is 0.156 e. The predicted octanol–water partition coefficient (Wildman–Crippen LogP) is 2.51. The standard InChI is InChI=1S/C14H18N4O/c1-8-6-11(7-9(2)13(8)19-5)12-14(15-4)16-10(3)17-18-12/h6-7H,1-5H3,(H,15,16,17). The first kappa shape index (κ1) is 13.3. The number of anilines is 1. The van der Waals surface area contributed by atoms with Gasteiger partial charge in [-0.3, -0.25) is 0 Å². The number of nitrogens with one attached hydrogen (secondary N) is 1. The van der Waals surface area contributed by atoms with Crippen LogP contribution >= 0.6 is 0 Å². The van der Waals surface area contributed by atoms with Crippen LogP contribution in [0.25, 0.3) is 11.3 Å². The number of ether oxygens (including phenoxy) is 1. The summed E-state index contributed by atoms with van der Waals surface area (Å²) in [7, 11) is 3.51. The Morgan fingerprint density at radius 2 is 1.68 bits per heavy atom. The molecular weight excluding hydrogens is 240 g/mol. The van der Waals surface area contributed by atoms with Crippen molar-refractivity contribution in [2.75, 3.05) is 19.5 Å². The molecule has 19 heavy (non-hydrogen) atoms. The van der Waals surface area contributed by atoms with Gasteiger partial charge in [0.25, 0.3) is 0 Å². The molecule has 1 N–H and O–H groups in total. The number of methoxy groups -OCH3 is 1. The second-order valence-electron chi connectivity index (χ2n) is 4.45. The molecule has 1 aromatic carbocycles. The molecule has 0 atom stereocenters. The van der Waals surface area contributed by atoms with E-state index in [0.29, 0.717) is 5.82 Å². The van der Waals surface area contributed by atoms with E-state index in [2.05, 4.69) is 20.5 Å². The molecule has 0 aliphatic heterocycles. The van der Waals surface area contributed by atoms with Gasteiger partial charge in [-0.2, -0.15) is 0 Å². The van der Waals surface area contributed by atoms with Crippen LogP contribution in [0.2, 0.25) is 0 Å². The third-order valence-corrected chi connectivity index (χ3v) is 2.97. The van der Waals surface area contributed by atoms with Gasteiger partial charge < -0.3 is 10.1 Å². The highest BCUT2D eigenvalue weighted by Gasteiger charge is 2.12. The number of aromatic nitrogens is 3. The second kappa shape index (κ2) is 5.22. The van der Waals surface area contributed by atoms with Crippen molar-refractivity contribution < 1.29 is 4.74 Å². The molecule has 2 aromatic rings. The minimum absolute atomic E-state index is 0.648. The molecule has 0 saturated carbocycles. The van der Waals surface area contributed by atoms with E-state index in [1.807, 2.05) is 40.0 Å². The monoisotopic (exact) mass is 258 g/mol. The quantitative estimate of drug-likeness (QED) is 0.916. The van der Waals surface area contributed by atoms with Crippen molar-refractivity contribution in [1.82, 2.24) is 15.2 Å². The highest BCUT2D eigenvalue weighted by molar-refractivity contribution is 5.73. The van der Waals surface area contributed by atoms with E-state index in [1.54, 1.807) is 7.11 Å². The van der Waals surface area contributed by atoms with E-state index in [9.17, 15) is 0 Å². The first-order chi connectivity index (χ1) is 9.06. The molecule has 2 rings (SSSR count). The molecule has 0 saturated heterocycles. The van der Waals surface area contributed by atoms with Crippen molar-refractivity contribution in [3.05, 3.63) is 29.1 Å². The number of rotatable bonds is 3. The Bertz CT molecular complexity index is 587. The fourth-order valence-electron chi connectivity index (χ4n) is 2.18. The summed E-state index contributed by atoms with van der Waals surface area (Å²) in [4.78, 5) is 4.35. The van der Waals surface area contributed by atoms with Crippen LogP contribution in [-0.2, 0) is 0 Å². The summed E-state index contributed by atoms with van der Waals surface area (Å²) in [6, 6.07) is 4.07. The molecule has 1 aromatic heterocycles. The SMILES string of the molecule is CNc1nc(C)nnc1-c1cc(C)c(OC)c(C)c1. The maximum atomic E-state index is 5.38. The predicted molar refractivity (Wildman–Crippen MR) is 75.6 cm³/mol. The number of aryl methyl sites for hydroxylation is 3. The largest absolute Gasteiger partial charge is 0.496 e. The van der Waals surface area contributed by atoms with Gasteiger partial charge in [0.15, 0.2) is 5.82 Å².